The normalized spacial score (nSPS) is 11.6. The molecule has 1 aromatic heterocycles. The van der Waals surface area contributed by atoms with Gasteiger partial charge >= 0.3 is 0 Å². The Balaban J connectivity index is 2.56. The van der Waals surface area contributed by atoms with Crippen molar-refractivity contribution in [2.45, 2.75) is 4.90 Å². The molecule has 0 fully saturated rings. The molecule has 80 valence electrons. The molecule has 2 rings (SSSR count). The van der Waals surface area contributed by atoms with E-state index < -0.39 is 10.0 Å². The first-order valence-corrected chi connectivity index (χ1v) is 7.26. The van der Waals surface area contributed by atoms with E-state index in [9.17, 15) is 8.42 Å². The molecule has 0 atom stereocenters. The molecule has 2 aromatic rings. The maximum Gasteiger partial charge on any atom is 0.267 e. The molecule has 3 nitrogen and oxygen atoms in total. The molecule has 6 heteroatoms. The van der Waals surface area contributed by atoms with Crippen molar-refractivity contribution in [2.24, 2.45) is 0 Å². The molecule has 0 amide bonds. The van der Waals surface area contributed by atoms with Crippen LogP contribution in [0.5, 0.6) is 0 Å². The zero-order valence-electron chi connectivity index (χ0n) is 8.17. The number of rotatable bonds is 2. The van der Waals surface area contributed by atoms with E-state index in [0.717, 1.165) is 8.90 Å². The van der Waals surface area contributed by atoms with Gasteiger partial charge in [-0.05, 0) is 12.1 Å². The fourth-order valence-corrected chi connectivity index (χ4v) is 3.32. The lowest BCUT2D eigenvalue weighted by atomic mass is 10.4. The highest BCUT2D eigenvalue weighted by atomic mass is 79.9. The zero-order valence-corrected chi connectivity index (χ0v) is 11.7. The predicted octanol–water partition coefficient (Wildman–Crippen LogP) is 1.28. The van der Waals surface area contributed by atoms with Gasteiger partial charge in [-0.15, -0.1) is 4.43 Å². The molecule has 0 saturated heterocycles. The van der Waals surface area contributed by atoms with Crippen LogP contribution in [-0.2, 0) is 10.0 Å². The minimum absolute atomic E-state index is 0.280. The van der Waals surface area contributed by atoms with Gasteiger partial charge in [-0.1, -0.05) is 34.1 Å². The Morgan fingerprint density at radius 3 is 2.25 bits per heavy atom. The van der Waals surface area contributed by atoms with E-state index in [1.54, 1.807) is 36.5 Å². The van der Waals surface area contributed by atoms with Gasteiger partial charge in [0, 0.05) is 16.9 Å². The summed E-state index contributed by atoms with van der Waals surface area (Å²) in [6, 6.07) is 8.34. The second-order valence-corrected chi connectivity index (χ2v) is 6.53. The summed E-state index contributed by atoms with van der Waals surface area (Å²) in [5, 5.41) is 0. The van der Waals surface area contributed by atoms with Crippen molar-refractivity contribution in [1.82, 2.24) is 3.97 Å². The fourth-order valence-electron chi connectivity index (χ4n) is 1.28. The lowest BCUT2D eigenvalue weighted by Crippen LogP contribution is -2.11. The standard InChI is InChI=1S/C10H7BrNO2S.Al/c11-9-6-7-12(8-9)15(13,14)10-4-2-1-3-5-10;/h1-5,7-8H;. The van der Waals surface area contributed by atoms with E-state index in [0.29, 0.717) is 0 Å². The molecule has 0 aliphatic heterocycles. The number of hydrogen-bond donors (Lipinski definition) is 0. The van der Waals surface area contributed by atoms with Gasteiger partial charge in [0.15, 0.2) is 16.3 Å². The molecule has 0 aliphatic rings. The number of nitrogens with zero attached hydrogens (tertiary/aromatic N) is 1. The first kappa shape index (κ1) is 11.9. The summed E-state index contributed by atoms with van der Waals surface area (Å²) in [5.41, 5.74) is 0. The largest absolute Gasteiger partial charge is 0.267 e. The average Bonchev–Trinajstić information content (AvgIpc) is 2.61. The first-order chi connectivity index (χ1) is 7.51. The van der Waals surface area contributed by atoms with Gasteiger partial charge in [0.25, 0.3) is 10.0 Å². The van der Waals surface area contributed by atoms with E-state index in [-0.39, 0.29) is 4.90 Å². The van der Waals surface area contributed by atoms with Crippen LogP contribution in [0.1, 0.15) is 0 Å². The predicted molar refractivity (Wildman–Crippen MR) is 66.5 cm³/mol. The highest BCUT2D eigenvalue weighted by molar-refractivity contribution is 9.10. The fraction of sp³-hybridized carbons (Fsp3) is 0. The van der Waals surface area contributed by atoms with Gasteiger partial charge in [0.05, 0.1) is 4.90 Å². The second kappa shape index (κ2) is 4.38. The highest BCUT2D eigenvalue weighted by Crippen LogP contribution is 2.15. The van der Waals surface area contributed by atoms with Crippen molar-refractivity contribution < 1.29 is 8.42 Å². The Labute approximate surface area is 111 Å². The Morgan fingerprint density at radius 1 is 1.12 bits per heavy atom. The van der Waals surface area contributed by atoms with Gasteiger partial charge in [-0.25, -0.2) is 12.4 Å². The van der Waals surface area contributed by atoms with Gasteiger partial charge in [0.2, 0.25) is 0 Å². The quantitative estimate of drug-likeness (QED) is 0.784. The summed E-state index contributed by atoms with van der Waals surface area (Å²) < 4.78 is 27.0. The van der Waals surface area contributed by atoms with Crippen LogP contribution in [0.25, 0.3) is 0 Å². The van der Waals surface area contributed by atoms with Crippen LogP contribution >= 0.6 is 15.9 Å². The SMILES string of the molecule is O=S(=O)(c1ccccc1)n1c[c]([Al])c(Br)c1. The second-order valence-electron chi connectivity index (χ2n) is 3.21. The minimum atomic E-state index is -3.47. The average molecular weight is 312 g/mol. The molecule has 0 N–H and O–H groups in total. The lowest BCUT2D eigenvalue weighted by Gasteiger charge is -2.04. The van der Waals surface area contributed by atoms with Gasteiger partial charge in [-0.3, -0.25) is 0 Å². The van der Waals surface area contributed by atoms with Crippen molar-refractivity contribution in [3.8, 4) is 0 Å². The summed E-state index contributed by atoms with van der Waals surface area (Å²) in [5.74, 6) is 0. The molecule has 1 aromatic carbocycles. The Morgan fingerprint density at radius 2 is 1.75 bits per heavy atom. The third-order valence-electron chi connectivity index (χ3n) is 2.10. The van der Waals surface area contributed by atoms with Crippen LogP contribution in [0.15, 0.2) is 52.1 Å². The number of benzene rings is 1. The molecule has 0 spiro atoms. The Bertz CT molecular complexity index is 588. The molecule has 0 unspecified atom stereocenters. The number of halogens is 1. The summed E-state index contributed by atoms with van der Waals surface area (Å²) in [7, 11) is -3.47. The summed E-state index contributed by atoms with van der Waals surface area (Å²) >= 11 is 5.75. The van der Waals surface area contributed by atoms with Crippen molar-refractivity contribution in [3.63, 3.8) is 0 Å². The Hall–Kier alpha value is -0.538. The summed E-state index contributed by atoms with van der Waals surface area (Å²) in [6.45, 7) is 0. The number of aromatic nitrogens is 1. The zero-order chi connectivity index (χ0) is 11.8. The third-order valence-corrected chi connectivity index (χ3v) is 5.28. The van der Waals surface area contributed by atoms with Crippen LogP contribution in [0, 0.1) is 0 Å². The van der Waals surface area contributed by atoms with E-state index in [2.05, 4.69) is 32.2 Å². The van der Waals surface area contributed by atoms with E-state index >= 15 is 0 Å². The van der Waals surface area contributed by atoms with Crippen LogP contribution in [0.4, 0.5) is 0 Å². The molecule has 1 heterocycles. The maximum atomic E-state index is 12.1. The van der Waals surface area contributed by atoms with Crippen molar-refractivity contribution in [2.75, 3.05) is 0 Å². The summed E-state index contributed by atoms with van der Waals surface area (Å²) in [6.07, 6.45) is 3.09. The molecule has 0 saturated carbocycles. The monoisotopic (exact) mass is 311 g/mol. The van der Waals surface area contributed by atoms with Crippen LogP contribution in [-0.4, -0.2) is 28.7 Å². The van der Waals surface area contributed by atoms with Gasteiger partial charge < -0.3 is 0 Å². The van der Waals surface area contributed by atoms with E-state index in [4.69, 9.17) is 0 Å². The minimum Gasteiger partial charge on any atom is -0.249 e. The lowest BCUT2D eigenvalue weighted by molar-refractivity contribution is 0.587. The first-order valence-electron chi connectivity index (χ1n) is 4.45. The Kier molecular flexibility index (Phi) is 3.27. The van der Waals surface area contributed by atoms with Crippen molar-refractivity contribution in [1.29, 1.82) is 0 Å². The van der Waals surface area contributed by atoms with Crippen LogP contribution in [0.3, 0.4) is 0 Å². The molecule has 16 heavy (non-hydrogen) atoms. The molecular weight excluding hydrogens is 305 g/mol. The third kappa shape index (κ3) is 2.11. The number of hydrogen-bond acceptors (Lipinski definition) is 2. The van der Waals surface area contributed by atoms with Gasteiger partial charge in [0.1, 0.15) is 0 Å². The molecule has 0 bridgehead atoms. The smallest absolute Gasteiger partial charge is 0.249 e. The van der Waals surface area contributed by atoms with E-state index in [1.807, 2.05) is 0 Å². The van der Waals surface area contributed by atoms with E-state index in [1.165, 1.54) is 10.2 Å². The van der Waals surface area contributed by atoms with Gasteiger partial charge in [-0.2, -0.15) is 0 Å². The van der Waals surface area contributed by atoms with Crippen LogP contribution < -0.4 is 4.43 Å². The van der Waals surface area contributed by atoms with Crippen LogP contribution in [0.2, 0.25) is 0 Å². The highest BCUT2D eigenvalue weighted by Gasteiger charge is 2.16. The van der Waals surface area contributed by atoms with Crippen molar-refractivity contribution >= 4 is 46.7 Å². The molecule has 0 aliphatic carbocycles. The maximum absolute atomic E-state index is 12.1. The molecular formula is C10H7AlBrNO2S. The van der Waals surface area contributed by atoms with Crippen molar-refractivity contribution in [3.05, 3.63) is 47.2 Å². The topological polar surface area (TPSA) is 39.1 Å². The molecule has 2 radical (unpaired) electrons. The summed E-state index contributed by atoms with van der Waals surface area (Å²) in [4.78, 5) is 0.280.